The van der Waals surface area contributed by atoms with Crippen molar-refractivity contribution in [3.8, 4) is 11.5 Å². The highest BCUT2D eigenvalue weighted by molar-refractivity contribution is 7.80. The summed E-state index contributed by atoms with van der Waals surface area (Å²) < 4.78 is 24.1. The van der Waals surface area contributed by atoms with Crippen LogP contribution in [0.15, 0.2) is 48.2 Å². The Morgan fingerprint density at radius 1 is 1.15 bits per heavy atom. The van der Waals surface area contributed by atoms with Crippen LogP contribution in [0.1, 0.15) is 15.9 Å². The van der Waals surface area contributed by atoms with Crippen LogP contribution in [-0.2, 0) is 4.79 Å². The summed E-state index contributed by atoms with van der Waals surface area (Å²) in [5.74, 6) is -1.47. The van der Waals surface area contributed by atoms with E-state index in [2.05, 4.69) is 10.6 Å². The Morgan fingerprint density at radius 3 is 2.58 bits per heavy atom. The van der Waals surface area contributed by atoms with Crippen molar-refractivity contribution < 1.29 is 23.5 Å². The van der Waals surface area contributed by atoms with Crippen molar-refractivity contribution in [3.63, 3.8) is 0 Å². The SMILES string of the molecule is COc1cc(C=C2NC(=S)NC2=O)ccc1OC(=O)c1ccccc1F. The number of halogens is 1. The molecule has 1 fully saturated rings. The number of amides is 1. The molecule has 3 rings (SSSR count). The van der Waals surface area contributed by atoms with Crippen LogP contribution in [0, 0.1) is 5.82 Å². The molecule has 132 valence electrons. The van der Waals surface area contributed by atoms with E-state index < -0.39 is 11.8 Å². The molecule has 0 atom stereocenters. The minimum absolute atomic E-state index is 0.127. The van der Waals surface area contributed by atoms with Crippen molar-refractivity contribution >= 4 is 35.3 Å². The van der Waals surface area contributed by atoms with Crippen LogP contribution >= 0.6 is 12.2 Å². The van der Waals surface area contributed by atoms with E-state index in [4.69, 9.17) is 21.7 Å². The highest BCUT2D eigenvalue weighted by Crippen LogP contribution is 2.30. The van der Waals surface area contributed by atoms with Gasteiger partial charge in [0.15, 0.2) is 16.6 Å². The van der Waals surface area contributed by atoms with Gasteiger partial charge in [-0.3, -0.25) is 10.1 Å². The van der Waals surface area contributed by atoms with Crippen LogP contribution in [0.25, 0.3) is 6.08 Å². The van der Waals surface area contributed by atoms with Gasteiger partial charge in [-0.05, 0) is 48.1 Å². The molecule has 0 aliphatic carbocycles. The lowest BCUT2D eigenvalue weighted by Crippen LogP contribution is -2.21. The van der Waals surface area contributed by atoms with Gasteiger partial charge in [-0.1, -0.05) is 18.2 Å². The van der Waals surface area contributed by atoms with Crippen molar-refractivity contribution in [2.75, 3.05) is 7.11 Å². The quantitative estimate of drug-likeness (QED) is 0.372. The number of carbonyl (C=O) groups excluding carboxylic acids is 2. The topological polar surface area (TPSA) is 76.7 Å². The van der Waals surface area contributed by atoms with Crippen molar-refractivity contribution in [1.29, 1.82) is 0 Å². The third kappa shape index (κ3) is 3.70. The summed E-state index contributed by atoms with van der Waals surface area (Å²) in [7, 11) is 1.41. The van der Waals surface area contributed by atoms with E-state index >= 15 is 0 Å². The lowest BCUT2D eigenvalue weighted by Gasteiger charge is -2.10. The summed E-state index contributed by atoms with van der Waals surface area (Å²) in [6, 6.07) is 10.2. The van der Waals surface area contributed by atoms with E-state index in [1.54, 1.807) is 18.2 Å². The number of carbonyl (C=O) groups is 2. The maximum atomic E-state index is 13.7. The second-order valence-corrected chi connectivity index (χ2v) is 5.65. The first kappa shape index (κ1) is 17.6. The number of hydrogen-bond acceptors (Lipinski definition) is 5. The van der Waals surface area contributed by atoms with Crippen LogP contribution < -0.4 is 20.1 Å². The molecule has 1 amide bonds. The third-order valence-corrected chi connectivity index (χ3v) is 3.72. The predicted molar refractivity (Wildman–Crippen MR) is 96.2 cm³/mol. The van der Waals surface area contributed by atoms with Crippen molar-refractivity contribution in [2.24, 2.45) is 0 Å². The molecule has 0 radical (unpaired) electrons. The molecule has 0 saturated carbocycles. The van der Waals surface area contributed by atoms with E-state index in [0.29, 0.717) is 5.56 Å². The maximum Gasteiger partial charge on any atom is 0.346 e. The van der Waals surface area contributed by atoms with Crippen LogP contribution in [0.3, 0.4) is 0 Å². The third-order valence-electron chi connectivity index (χ3n) is 3.51. The van der Waals surface area contributed by atoms with E-state index in [9.17, 15) is 14.0 Å². The van der Waals surface area contributed by atoms with Gasteiger partial charge in [-0.2, -0.15) is 0 Å². The van der Waals surface area contributed by atoms with Gasteiger partial charge in [-0.25, -0.2) is 9.18 Å². The van der Waals surface area contributed by atoms with Gasteiger partial charge in [0.2, 0.25) is 0 Å². The fourth-order valence-electron chi connectivity index (χ4n) is 2.29. The largest absolute Gasteiger partial charge is 0.493 e. The van der Waals surface area contributed by atoms with Crippen LogP contribution in [0.4, 0.5) is 4.39 Å². The average Bonchev–Trinajstić information content (AvgIpc) is 2.93. The molecule has 2 N–H and O–H groups in total. The normalized spacial score (nSPS) is 14.8. The molecule has 8 heteroatoms. The first-order valence-electron chi connectivity index (χ1n) is 7.46. The molecule has 1 aliphatic rings. The first-order chi connectivity index (χ1) is 12.5. The van der Waals surface area contributed by atoms with Gasteiger partial charge in [0, 0.05) is 0 Å². The smallest absolute Gasteiger partial charge is 0.346 e. The molecule has 0 spiro atoms. The van der Waals surface area contributed by atoms with E-state index in [-0.39, 0.29) is 33.8 Å². The summed E-state index contributed by atoms with van der Waals surface area (Å²) in [5, 5.41) is 5.41. The van der Waals surface area contributed by atoms with Crippen molar-refractivity contribution in [2.45, 2.75) is 0 Å². The summed E-state index contributed by atoms with van der Waals surface area (Å²) in [6.45, 7) is 0. The van der Waals surface area contributed by atoms with E-state index in [0.717, 1.165) is 0 Å². The Balaban J connectivity index is 1.85. The van der Waals surface area contributed by atoms with Crippen molar-refractivity contribution in [3.05, 3.63) is 65.1 Å². The molecule has 0 bridgehead atoms. The van der Waals surface area contributed by atoms with E-state index in [1.165, 1.54) is 37.4 Å². The first-order valence-corrected chi connectivity index (χ1v) is 7.87. The molecule has 1 saturated heterocycles. The number of thiocarbonyl (C=S) groups is 1. The lowest BCUT2D eigenvalue weighted by molar-refractivity contribution is -0.115. The fraction of sp³-hybridized carbons (Fsp3) is 0.0556. The average molecular weight is 372 g/mol. The zero-order chi connectivity index (χ0) is 18.7. The second-order valence-electron chi connectivity index (χ2n) is 5.25. The van der Waals surface area contributed by atoms with Crippen LogP contribution in [0.2, 0.25) is 0 Å². The Bertz CT molecular complexity index is 943. The summed E-state index contributed by atoms with van der Waals surface area (Å²) in [6.07, 6.45) is 1.57. The Hall–Kier alpha value is -3.26. The zero-order valence-corrected chi connectivity index (χ0v) is 14.4. The number of rotatable bonds is 4. The Morgan fingerprint density at radius 2 is 1.92 bits per heavy atom. The fourth-order valence-corrected chi connectivity index (χ4v) is 2.49. The lowest BCUT2D eigenvalue weighted by atomic mass is 10.1. The number of esters is 1. The minimum atomic E-state index is -0.838. The molecule has 0 aromatic heterocycles. The van der Waals surface area contributed by atoms with Crippen LogP contribution in [0.5, 0.6) is 11.5 Å². The number of ether oxygens (including phenoxy) is 2. The number of nitrogens with one attached hydrogen (secondary N) is 2. The zero-order valence-electron chi connectivity index (χ0n) is 13.5. The van der Waals surface area contributed by atoms with E-state index in [1.807, 2.05) is 0 Å². The highest BCUT2D eigenvalue weighted by atomic mass is 32.1. The number of benzene rings is 2. The molecule has 6 nitrogen and oxygen atoms in total. The Labute approximate surface area is 153 Å². The van der Waals surface area contributed by atoms with Gasteiger partial charge in [0.25, 0.3) is 5.91 Å². The van der Waals surface area contributed by atoms with Gasteiger partial charge in [-0.15, -0.1) is 0 Å². The molecule has 26 heavy (non-hydrogen) atoms. The standard InChI is InChI=1S/C18H13FN2O4S/c1-24-15-9-10(8-13-16(22)21-18(26)20-13)6-7-14(15)25-17(23)11-4-2-3-5-12(11)19/h2-9H,1H3,(H2,20,21,22,26). The van der Waals surface area contributed by atoms with Gasteiger partial charge < -0.3 is 14.8 Å². The van der Waals surface area contributed by atoms with Gasteiger partial charge in [0.05, 0.1) is 12.7 Å². The molecule has 2 aromatic carbocycles. The molecular weight excluding hydrogens is 359 g/mol. The molecular formula is C18H13FN2O4S. The number of methoxy groups -OCH3 is 1. The second kappa shape index (κ2) is 7.32. The minimum Gasteiger partial charge on any atom is -0.493 e. The highest BCUT2D eigenvalue weighted by Gasteiger charge is 2.20. The Kier molecular flexibility index (Phi) is 4.94. The predicted octanol–water partition coefficient (Wildman–Crippen LogP) is 2.40. The molecule has 1 aliphatic heterocycles. The monoisotopic (exact) mass is 372 g/mol. The molecule has 2 aromatic rings. The molecule has 0 unspecified atom stereocenters. The maximum absolute atomic E-state index is 13.7. The van der Waals surface area contributed by atoms with Gasteiger partial charge in [0.1, 0.15) is 11.5 Å². The summed E-state index contributed by atoms with van der Waals surface area (Å²) in [4.78, 5) is 23.8. The summed E-state index contributed by atoms with van der Waals surface area (Å²) >= 11 is 4.87. The molecule has 1 heterocycles. The number of hydrogen-bond donors (Lipinski definition) is 2. The summed E-state index contributed by atoms with van der Waals surface area (Å²) in [5.41, 5.74) is 0.726. The van der Waals surface area contributed by atoms with Crippen LogP contribution in [-0.4, -0.2) is 24.1 Å². The van der Waals surface area contributed by atoms with Crippen molar-refractivity contribution in [1.82, 2.24) is 10.6 Å². The van der Waals surface area contributed by atoms with Gasteiger partial charge >= 0.3 is 5.97 Å².